The summed E-state index contributed by atoms with van der Waals surface area (Å²) in [5, 5.41) is 0. The van der Waals surface area contributed by atoms with E-state index in [1.54, 1.807) is 0 Å². The Balaban J connectivity index is 2.10. The molecule has 0 radical (unpaired) electrons. The molecule has 2 bridgehead atoms. The first kappa shape index (κ1) is 8.81. The first-order valence-electron chi connectivity index (χ1n) is 4.77. The molecule has 2 atom stereocenters. The molecule has 2 heterocycles. The highest BCUT2D eigenvalue weighted by atomic mass is 16.5. The number of carbonyl (C=O) groups excluding carboxylic acids is 1. The van der Waals surface area contributed by atoms with E-state index in [0.29, 0.717) is 12.1 Å². The van der Waals surface area contributed by atoms with Crippen LogP contribution in [0, 0.1) is 0 Å². The summed E-state index contributed by atoms with van der Waals surface area (Å²) in [6.07, 6.45) is 2.11. The Bertz CT molecular complexity index is 206. The van der Waals surface area contributed by atoms with Crippen molar-refractivity contribution in [2.45, 2.75) is 24.9 Å². The molecule has 2 fully saturated rings. The van der Waals surface area contributed by atoms with Crippen LogP contribution in [0.25, 0.3) is 0 Å². The van der Waals surface area contributed by atoms with E-state index >= 15 is 0 Å². The average Bonchev–Trinajstić information content (AvgIpc) is 2.37. The SMILES string of the molecule is COC(=O)N1C2CCC1CN(C)C2. The minimum atomic E-state index is -0.152. The van der Waals surface area contributed by atoms with Gasteiger partial charge in [0.15, 0.2) is 0 Å². The first-order chi connectivity index (χ1) is 6.22. The molecular weight excluding hydrogens is 168 g/mol. The molecule has 2 aliphatic rings. The topological polar surface area (TPSA) is 32.8 Å². The summed E-state index contributed by atoms with van der Waals surface area (Å²) in [5.74, 6) is 0. The molecule has 0 aromatic carbocycles. The first-order valence-corrected chi connectivity index (χ1v) is 4.77. The molecule has 0 aliphatic carbocycles. The maximum absolute atomic E-state index is 11.4. The Labute approximate surface area is 78.4 Å². The zero-order valence-electron chi connectivity index (χ0n) is 8.19. The largest absolute Gasteiger partial charge is 0.453 e. The zero-order valence-corrected chi connectivity index (χ0v) is 8.19. The van der Waals surface area contributed by atoms with Crippen LogP contribution in [0.3, 0.4) is 0 Å². The number of piperazine rings is 1. The van der Waals surface area contributed by atoms with Gasteiger partial charge in [0.25, 0.3) is 0 Å². The van der Waals surface area contributed by atoms with E-state index in [0.717, 1.165) is 25.9 Å². The van der Waals surface area contributed by atoms with Crippen molar-refractivity contribution in [3.05, 3.63) is 0 Å². The summed E-state index contributed by atoms with van der Waals surface area (Å²) in [5.41, 5.74) is 0. The Hall–Kier alpha value is -0.770. The second-order valence-corrected chi connectivity index (χ2v) is 3.98. The van der Waals surface area contributed by atoms with Crippen LogP contribution in [0.5, 0.6) is 0 Å². The van der Waals surface area contributed by atoms with E-state index in [4.69, 9.17) is 4.74 Å². The average molecular weight is 184 g/mol. The fraction of sp³-hybridized carbons (Fsp3) is 0.889. The van der Waals surface area contributed by atoms with Crippen LogP contribution in [0.4, 0.5) is 4.79 Å². The van der Waals surface area contributed by atoms with Gasteiger partial charge < -0.3 is 9.64 Å². The van der Waals surface area contributed by atoms with Crippen LogP contribution >= 0.6 is 0 Å². The third kappa shape index (κ3) is 1.39. The van der Waals surface area contributed by atoms with Gasteiger partial charge in [-0.3, -0.25) is 4.90 Å². The van der Waals surface area contributed by atoms with Crippen molar-refractivity contribution in [1.29, 1.82) is 0 Å². The molecular formula is C9H16N2O2. The van der Waals surface area contributed by atoms with Gasteiger partial charge in [0.2, 0.25) is 0 Å². The minimum Gasteiger partial charge on any atom is -0.453 e. The van der Waals surface area contributed by atoms with Gasteiger partial charge in [-0.2, -0.15) is 0 Å². The van der Waals surface area contributed by atoms with E-state index in [1.165, 1.54) is 7.11 Å². The number of ether oxygens (including phenoxy) is 1. The number of likely N-dealkylation sites (tertiary alicyclic amines) is 1. The van der Waals surface area contributed by atoms with Crippen LogP contribution in [0.2, 0.25) is 0 Å². The Morgan fingerprint density at radius 2 is 1.85 bits per heavy atom. The number of hydrogen-bond donors (Lipinski definition) is 0. The van der Waals surface area contributed by atoms with Crippen LogP contribution < -0.4 is 0 Å². The third-order valence-electron chi connectivity index (χ3n) is 3.05. The molecule has 2 rings (SSSR count). The molecule has 2 aliphatic heterocycles. The van der Waals surface area contributed by atoms with Crippen LogP contribution in [0.15, 0.2) is 0 Å². The number of hydrogen-bond acceptors (Lipinski definition) is 3. The predicted octanol–water partition coefficient (Wildman–Crippen LogP) is 0.531. The van der Waals surface area contributed by atoms with Gasteiger partial charge in [0, 0.05) is 25.2 Å². The maximum Gasteiger partial charge on any atom is 0.410 e. The van der Waals surface area contributed by atoms with Crippen molar-refractivity contribution in [3.63, 3.8) is 0 Å². The van der Waals surface area contributed by atoms with Crippen LogP contribution in [-0.2, 0) is 4.74 Å². The van der Waals surface area contributed by atoms with Gasteiger partial charge in [-0.25, -0.2) is 4.79 Å². The molecule has 0 saturated carbocycles. The number of methoxy groups -OCH3 is 1. The standard InChI is InChI=1S/C9H16N2O2/c1-10-5-7-3-4-8(6-10)11(7)9(12)13-2/h7-8H,3-6H2,1-2H3. The molecule has 2 saturated heterocycles. The van der Waals surface area contributed by atoms with E-state index in [9.17, 15) is 4.79 Å². The molecule has 0 aromatic heterocycles. The molecule has 0 spiro atoms. The summed E-state index contributed by atoms with van der Waals surface area (Å²) in [6, 6.07) is 0.771. The highest BCUT2D eigenvalue weighted by Crippen LogP contribution is 2.29. The summed E-state index contributed by atoms with van der Waals surface area (Å²) in [6.45, 7) is 1.98. The normalized spacial score (nSPS) is 33.5. The highest BCUT2D eigenvalue weighted by Gasteiger charge is 2.41. The molecule has 0 aromatic rings. The quantitative estimate of drug-likeness (QED) is 0.550. The zero-order chi connectivity index (χ0) is 9.42. The number of likely N-dealkylation sites (N-methyl/N-ethyl adjacent to an activating group) is 1. The lowest BCUT2D eigenvalue weighted by molar-refractivity contribution is 0.0610. The Kier molecular flexibility index (Phi) is 2.15. The molecule has 74 valence electrons. The molecule has 4 heteroatoms. The highest BCUT2D eigenvalue weighted by molar-refractivity contribution is 5.69. The van der Waals surface area contributed by atoms with E-state index in [1.807, 2.05) is 4.90 Å². The van der Waals surface area contributed by atoms with Gasteiger partial charge in [-0.1, -0.05) is 0 Å². The maximum atomic E-state index is 11.4. The van der Waals surface area contributed by atoms with Crippen molar-refractivity contribution in [1.82, 2.24) is 9.80 Å². The lowest BCUT2D eigenvalue weighted by Crippen LogP contribution is -2.54. The fourth-order valence-electron chi connectivity index (χ4n) is 2.52. The van der Waals surface area contributed by atoms with Gasteiger partial charge in [0.05, 0.1) is 7.11 Å². The summed E-state index contributed by atoms with van der Waals surface area (Å²) in [7, 11) is 3.57. The molecule has 4 nitrogen and oxygen atoms in total. The third-order valence-corrected chi connectivity index (χ3v) is 3.05. The molecule has 2 unspecified atom stereocenters. The van der Waals surface area contributed by atoms with E-state index in [-0.39, 0.29) is 6.09 Å². The molecule has 1 amide bonds. The second kappa shape index (κ2) is 3.18. The summed E-state index contributed by atoms with van der Waals surface area (Å²) < 4.78 is 4.77. The smallest absolute Gasteiger partial charge is 0.410 e. The van der Waals surface area contributed by atoms with Crippen molar-refractivity contribution >= 4 is 6.09 Å². The van der Waals surface area contributed by atoms with Crippen LogP contribution in [-0.4, -0.2) is 55.2 Å². The van der Waals surface area contributed by atoms with Crippen LogP contribution in [0.1, 0.15) is 12.8 Å². The van der Waals surface area contributed by atoms with Gasteiger partial charge >= 0.3 is 6.09 Å². The number of fused-ring (bicyclic) bond motifs is 2. The van der Waals surface area contributed by atoms with Crippen molar-refractivity contribution < 1.29 is 9.53 Å². The monoisotopic (exact) mass is 184 g/mol. The lowest BCUT2D eigenvalue weighted by atomic mass is 10.2. The van der Waals surface area contributed by atoms with Crippen molar-refractivity contribution in [2.75, 3.05) is 27.2 Å². The van der Waals surface area contributed by atoms with Gasteiger partial charge in [-0.05, 0) is 19.9 Å². The number of nitrogens with zero attached hydrogens (tertiary/aromatic N) is 2. The number of amides is 1. The number of carbonyl (C=O) groups is 1. The fourth-order valence-corrected chi connectivity index (χ4v) is 2.52. The van der Waals surface area contributed by atoms with Gasteiger partial charge in [0.1, 0.15) is 0 Å². The summed E-state index contributed by atoms with van der Waals surface area (Å²) >= 11 is 0. The van der Waals surface area contributed by atoms with Crippen molar-refractivity contribution in [3.8, 4) is 0 Å². The van der Waals surface area contributed by atoms with E-state index < -0.39 is 0 Å². The second-order valence-electron chi connectivity index (χ2n) is 3.98. The molecule has 13 heavy (non-hydrogen) atoms. The lowest BCUT2D eigenvalue weighted by Gasteiger charge is -2.38. The summed E-state index contributed by atoms with van der Waals surface area (Å²) in [4.78, 5) is 15.6. The predicted molar refractivity (Wildman–Crippen MR) is 48.6 cm³/mol. The van der Waals surface area contributed by atoms with Crippen molar-refractivity contribution in [2.24, 2.45) is 0 Å². The van der Waals surface area contributed by atoms with E-state index in [2.05, 4.69) is 11.9 Å². The number of rotatable bonds is 0. The van der Waals surface area contributed by atoms with Gasteiger partial charge in [-0.15, -0.1) is 0 Å². The Morgan fingerprint density at radius 3 is 2.31 bits per heavy atom. The molecule has 0 N–H and O–H groups in total. The minimum absolute atomic E-state index is 0.152. The Morgan fingerprint density at radius 1 is 1.31 bits per heavy atom.